The molecule has 2 nitrogen and oxygen atoms in total. The number of hydrogen-bond acceptors (Lipinski definition) is 2. The molecule has 0 saturated heterocycles. The average molecular weight is 302 g/mol. The fourth-order valence-electron chi connectivity index (χ4n) is 2.48. The van der Waals surface area contributed by atoms with E-state index in [-0.39, 0.29) is 0 Å². The van der Waals surface area contributed by atoms with E-state index >= 15 is 0 Å². The molecule has 19 heavy (non-hydrogen) atoms. The van der Waals surface area contributed by atoms with Crippen molar-refractivity contribution in [1.82, 2.24) is 5.32 Å². The number of hydrogen-bond donors (Lipinski definition) is 1. The molecule has 1 aliphatic rings. The van der Waals surface area contributed by atoms with Crippen LogP contribution in [0.3, 0.4) is 0 Å². The fourth-order valence-corrected chi connectivity index (χ4v) is 2.94. The summed E-state index contributed by atoms with van der Waals surface area (Å²) in [6, 6.07) is 5.96. The fraction of sp³-hybridized carbons (Fsp3) is 0.600. The van der Waals surface area contributed by atoms with Gasteiger partial charge in [-0.1, -0.05) is 30.1 Å². The van der Waals surface area contributed by atoms with Gasteiger partial charge in [-0.25, -0.2) is 0 Å². The highest BCUT2D eigenvalue weighted by atomic mass is 35.5. The maximum absolute atomic E-state index is 6.04. The molecular formula is C15H21Cl2NO. The highest BCUT2D eigenvalue weighted by Gasteiger charge is 2.17. The van der Waals surface area contributed by atoms with Gasteiger partial charge in [0.1, 0.15) is 12.4 Å². The lowest BCUT2D eigenvalue weighted by Crippen LogP contribution is -2.35. The van der Waals surface area contributed by atoms with Crippen LogP contribution in [0.15, 0.2) is 18.2 Å². The highest BCUT2D eigenvalue weighted by molar-refractivity contribution is 6.35. The van der Waals surface area contributed by atoms with E-state index in [0.29, 0.717) is 28.4 Å². The van der Waals surface area contributed by atoms with Crippen molar-refractivity contribution in [3.05, 3.63) is 28.2 Å². The number of benzene rings is 1. The van der Waals surface area contributed by atoms with Crippen molar-refractivity contribution >= 4 is 23.2 Å². The minimum Gasteiger partial charge on any atom is -0.491 e. The molecule has 106 valence electrons. The van der Waals surface area contributed by atoms with Crippen LogP contribution in [0, 0.1) is 5.92 Å². The zero-order chi connectivity index (χ0) is 13.7. The Morgan fingerprint density at radius 3 is 2.63 bits per heavy atom. The second-order valence-electron chi connectivity index (χ2n) is 5.33. The average Bonchev–Trinajstić information content (AvgIpc) is 2.39. The molecule has 0 radical (unpaired) electrons. The van der Waals surface area contributed by atoms with Crippen LogP contribution >= 0.6 is 23.2 Å². The molecule has 0 bridgehead atoms. The summed E-state index contributed by atoms with van der Waals surface area (Å²) >= 11 is 11.9. The SMILES string of the molecule is CC1CCC(NCCOc2ccc(Cl)cc2Cl)CC1. The quantitative estimate of drug-likeness (QED) is 0.806. The third kappa shape index (κ3) is 4.87. The van der Waals surface area contributed by atoms with Crippen molar-refractivity contribution in [3.63, 3.8) is 0 Å². The Morgan fingerprint density at radius 1 is 1.21 bits per heavy atom. The molecule has 0 atom stereocenters. The molecule has 1 aromatic carbocycles. The van der Waals surface area contributed by atoms with Crippen molar-refractivity contribution in [2.45, 2.75) is 38.6 Å². The topological polar surface area (TPSA) is 21.3 Å². The van der Waals surface area contributed by atoms with E-state index in [0.717, 1.165) is 12.5 Å². The molecular weight excluding hydrogens is 281 g/mol. The molecule has 1 N–H and O–H groups in total. The minimum absolute atomic E-state index is 0.569. The van der Waals surface area contributed by atoms with Crippen LogP contribution in [0.25, 0.3) is 0 Å². The predicted molar refractivity (Wildman–Crippen MR) is 81.4 cm³/mol. The van der Waals surface area contributed by atoms with Crippen LogP contribution < -0.4 is 10.1 Å². The maximum Gasteiger partial charge on any atom is 0.138 e. The number of halogens is 2. The third-order valence-corrected chi connectivity index (χ3v) is 4.23. The first-order valence-electron chi connectivity index (χ1n) is 6.96. The number of nitrogens with one attached hydrogen (secondary N) is 1. The molecule has 0 amide bonds. The van der Waals surface area contributed by atoms with Crippen LogP contribution in [0.4, 0.5) is 0 Å². The lowest BCUT2D eigenvalue weighted by molar-refractivity contribution is 0.270. The van der Waals surface area contributed by atoms with Crippen molar-refractivity contribution in [3.8, 4) is 5.75 Å². The summed E-state index contributed by atoms with van der Waals surface area (Å²) in [5.41, 5.74) is 0. The molecule has 1 aliphatic carbocycles. The van der Waals surface area contributed by atoms with Crippen LogP contribution in [0.1, 0.15) is 32.6 Å². The molecule has 0 aromatic heterocycles. The normalized spacial score (nSPS) is 23.3. The van der Waals surface area contributed by atoms with Gasteiger partial charge in [-0.2, -0.15) is 0 Å². The van der Waals surface area contributed by atoms with Gasteiger partial charge >= 0.3 is 0 Å². The summed E-state index contributed by atoms with van der Waals surface area (Å²) in [4.78, 5) is 0. The Bertz CT molecular complexity index is 403. The summed E-state index contributed by atoms with van der Waals surface area (Å²) < 4.78 is 5.65. The number of ether oxygens (including phenoxy) is 1. The van der Waals surface area contributed by atoms with E-state index in [1.165, 1.54) is 25.7 Å². The van der Waals surface area contributed by atoms with E-state index in [9.17, 15) is 0 Å². The van der Waals surface area contributed by atoms with Crippen LogP contribution in [-0.4, -0.2) is 19.2 Å². The lowest BCUT2D eigenvalue weighted by Gasteiger charge is -2.27. The first-order chi connectivity index (χ1) is 9.15. The molecule has 0 heterocycles. The Balaban J connectivity index is 1.66. The molecule has 4 heteroatoms. The van der Waals surface area contributed by atoms with Crippen LogP contribution in [0.2, 0.25) is 10.0 Å². The summed E-state index contributed by atoms with van der Waals surface area (Å²) in [6.07, 6.45) is 5.23. The standard InChI is InChI=1S/C15H21Cl2NO/c1-11-2-5-13(6-3-11)18-8-9-19-15-7-4-12(16)10-14(15)17/h4,7,10-11,13,18H,2-3,5-6,8-9H2,1H3. The second-order valence-corrected chi connectivity index (χ2v) is 6.18. The van der Waals surface area contributed by atoms with Crippen LogP contribution in [-0.2, 0) is 0 Å². The van der Waals surface area contributed by atoms with Crippen molar-refractivity contribution < 1.29 is 4.74 Å². The van der Waals surface area contributed by atoms with E-state index in [1.807, 2.05) is 6.07 Å². The summed E-state index contributed by atoms with van der Waals surface area (Å²) in [5, 5.41) is 4.75. The molecule has 2 rings (SSSR count). The zero-order valence-corrected chi connectivity index (χ0v) is 12.8. The first-order valence-corrected chi connectivity index (χ1v) is 7.72. The van der Waals surface area contributed by atoms with Gasteiger partial charge in [0.25, 0.3) is 0 Å². The monoisotopic (exact) mass is 301 g/mol. The molecule has 1 saturated carbocycles. The Hall–Kier alpha value is -0.440. The molecule has 0 spiro atoms. The van der Waals surface area contributed by atoms with Gasteiger partial charge in [0, 0.05) is 17.6 Å². The Kier molecular flexibility index (Phi) is 5.80. The largest absolute Gasteiger partial charge is 0.491 e. The van der Waals surface area contributed by atoms with Gasteiger partial charge in [0.2, 0.25) is 0 Å². The smallest absolute Gasteiger partial charge is 0.138 e. The lowest BCUT2D eigenvalue weighted by atomic mass is 9.87. The summed E-state index contributed by atoms with van der Waals surface area (Å²) in [5.74, 6) is 1.59. The summed E-state index contributed by atoms with van der Waals surface area (Å²) in [7, 11) is 0. The van der Waals surface area contributed by atoms with E-state index < -0.39 is 0 Å². The van der Waals surface area contributed by atoms with E-state index in [1.54, 1.807) is 12.1 Å². The summed E-state index contributed by atoms with van der Waals surface area (Å²) in [6.45, 7) is 3.83. The van der Waals surface area contributed by atoms with Crippen molar-refractivity contribution in [2.75, 3.05) is 13.2 Å². The molecule has 1 aromatic rings. The van der Waals surface area contributed by atoms with E-state index in [2.05, 4.69) is 12.2 Å². The molecule has 0 unspecified atom stereocenters. The highest BCUT2D eigenvalue weighted by Crippen LogP contribution is 2.27. The Morgan fingerprint density at radius 2 is 1.95 bits per heavy atom. The van der Waals surface area contributed by atoms with Gasteiger partial charge < -0.3 is 10.1 Å². The van der Waals surface area contributed by atoms with Crippen molar-refractivity contribution in [2.24, 2.45) is 5.92 Å². The van der Waals surface area contributed by atoms with Gasteiger partial charge in [0.15, 0.2) is 0 Å². The van der Waals surface area contributed by atoms with Crippen molar-refractivity contribution in [1.29, 1.82) is 0 Å². The van der Waals surface area contributed by atoms with Crippen LogP contribution in [0.5, 0.6) is 5.75 Å². The Labute approximate surface area is 125 Å². The van der Waals surface area contributed by atoms with Gasteiger partial charge in [-0.05, 0) is 49.8 Å². The molecule has 1 fully saturated rings. The van der Waals surface area contributed by atoms with Gasteiger partial charge in [0.05, 0.1) is 5.02 Å². The molecule has 0 aliphatic heterocycles. The van der Waals surface area contributed by atoms with Gasteiger partial charge in [-0.3, -0.25) is 0 Å². The predicted octanol–water partition coefficient (Wildman–Crippen LogP) is 4.54. The first kappa shape index (κ1) is 15.0. The number of rotatable bonds is 5. The third-order valence-electron chi connectivity index (χ3n) is 3.70. The maximum atomic E-state index is 6.04. The van der Waals surface area contributed by atoms with Gasteiger partial charge in [-0.15, -0.1) is 0 Å². The van der Waals surface area contributed by atoms with E-state index in [4.69, 9.17) is 27.9 Å². The zero-order valence-electron chi connectivity index (χ0n) is 11.3. The second kappa shape index (κ2) is 7.37. The minimum atomic E-state index is 0.569.